The van der Waals surface area contributed by atoms with E-state index in [4.69, 9.17) is 0 Å². The highest BCUT2D eigenvalue weighted by atomic mass is 15.1. The van der Waals surface area contributed by atoms with Gasteiger partial charge in [-0.2, -0.15) is 0 Å². The van der Waals surface area contributed by atoms with E-state index in [0.29, 0.717) is 11.8 Å². The summed E-state index contributed by atoms with van der Waals surface area (Å²) in [5.74, 6) is 0.841. The molecule has 0 saturated carbocycles. The first-order valence-electron chi connectivity index (χ1n) is 27.4. The van der Waals surface area contributed by atoms with Crippen molar-refractivity contribution >= 4 is 34.1 Å². The van der Waals surface area contributed by atoms with Crippen LogP contribution in [0.25, 0.3) is 44.6 Å². The highest BCUT2D eigenvalue weighted by Gasteiger charge is 2.47. The first-order valence-corrected chi connectivity index (χ1v) is 27.4. The van der Waals surface area contributed by atoms with Crippen LogP contribution >= 0.6 is 0 Å². The zero-order chi connectivity index (χ0) is 51.7. The molecule has 0 aliphatic heterocycles. The van der Waals surface area contributed by atoms with Crippen LogP contribution in [-0.4, -0.2) is 4.98 Å². The molecule has 372 valence electrons. The molecule has 2 aliphatic carbocycles. The van der Waals surface area contributed by atoms with Crippen molar-refractivity contribution in [1.82, 2.24) is 4.98 Å². The summed E-state index contributed by atoms with van der Waals surface area (Å²) in [7, 11) is 0. The first-order chi connectivity index (χ1) is 38.0. The van der Waals surface area contributed by atoms with E-state index < -0.39 is 0 Å². The third kappa shape index (κ3) is 9.12. The van der Waals surface area contributed by atoms with Crippen LogP contribution in [-0.2, 0) is 18.3 Å². The van der Waals surface area contributed by atoms with Gasteiger partial charge in [0.25, 0.3) is 0 Å². The van der Waals surface area contributed by atoms with E-state index in [1.807, 2.05) is 12.3 Å². The van der Waals surface area contributed by atoms with E-state index >= 15 is 0 Å². The molecule has 13 rings (SSSR count). The second-order valence-corrected chi connectivity index (χ2v) is 21.2. The lowest BCUT2D eigenvalue weighted by Gasteiger charge is -2.27. The molecule has 0 N–H and O–H groups in total. The molecule has 2 aliphatic rings. The predicted octanol–water partition coefficient (Wildman–Crippen LogP) is 19.8. The van der Waals surface area contributed by atoms with E-state index in [0.717, 1.165) is 65.5 Å². The highest BCUT2D eigenvalue weighted by Crippen LogP contribution is 2.56. The number of para-hydroxylation sites is 3. The molecule has 77 heavy (non-hydrogen) atoms. The molecule has 0 amide bonds. The highest BCUT2D eigenvalue weighted by molar-refractivity contribution is 5.86. The van der Waals surface area contributed by atoms with Crippen molar-refractivity contribution in [2.75, 3.05) is 9.80 Å². The molecular weight excluding hydrogens is 931 g/mol. The van der Waals surface area contributed by atoms with Crippen molar-refractivity contribution in [3.63, 3.8) is 0 Å². The van der Waals surface area contributed by atoms with Gasteiger partial charge in [0, 0.05) is 51.3 Å². The Morgan fingerprint density at radius 1 is 0.390 bits per heavy atom. The summed E-state index contributed by atoms with van der Waals surface area (Å²) in [6.45, 7) is 4.74. The van der Waals surface area contributed by atoms with Gasteiger partial charge in [0.05, 0.1) is 5.69 Å². The van der Waals surface area contributed by atoms with E-state index in [1.54, 1.807) is 0 Å². The van der Waals surface area contributed by atoms with Gasteiger partial charge in [-0.1, -0.05) is 184 Å². The Morgan fingerprint density at radius 3 is 1.42 bits per heavy atom. The van der Waals surface area contributed by atoms with Crippen LogP contribution < -0.4 is 9.80 Å². The molecule has 11 aromatic rings. The minimum absolute atomic E-state index is 0.0785. The smallest absolute Gasteiger partial charge is 0.0702 e. The second-order valence-electron chi connectivity index (χ2n) is 21.2. The van der Waals surface area contributed by atoms with Crippen molar-refractivity contribution in [2.45, 2.75) is 56.8 Å². The standard InChI is InChI=1S/C74H61N3/c1-3-53(55-26-28-58(29-27-55)59-38-45-70-69-23-13-14-24-71(69)74(72(70)49-59)50-61-31-30-60(48-62(61)51-74)73-25-15-16-46-75-73)47-52(2)54-32-39-66(40-33-54)77(65-21-11-6-12-22-65)68-43-36-57(37-44-68)56-34-41-67(42-35-56)76(63-17-7-4-8-18-63)64-19-9-5-10-20-64/h4-46,48-49,52-53H,3,47,50-51H2,1-2H3. The molecule has 3 atom stereocenters. The molecule has 0 saturated heterocycles. The quantitative estimate of drug-likeness (QED) is 0.108. The Labute approximate surface area is 454 Å². The summed E-state index contributed by atoms with van der Waals surface area (Å²) >= 11 is 0. The minimum Gasteiger partial charge on any atom is -0.311 e. The average molecular weight is 992 g/mol. The van der Waals surface area contributed by atoms with Gasteiger partial charge in [-0.15, -0.1) is 0 Å². The molecule has 0 radical (unpaired) electrons. The van der Waals surface area contributed by atoms with Gasteiger partial charge in [0.1, 0.15) is 0 Å². The van der Waals surface area contributed by atoms with E-state index in [-0.39, 0.29) is 5.41 Å². The van der Waals surface area contributed by atoms with Gasteiger partial charge in [-0.25, -0.2) is 0 Å². The van der Waals surface area contributed by atoms with Crippen LogP contribution in [0.5, 0.6) is 0 Å². The van der Waals surface area contributed by atoms with Crippen LogP contribution in [0.4, 0.5) is 34.1 Å². The van der Waals surface area contributed by atoms with Crippen LogP contribution in [0.2, 0.25) is 0 Å². The fraction of sp³-hybridized carbons (Fsp3) is 0.122. The van der Waals surface area contributed by atoms with Crippen molar-refractivity contribution < 1.29 is 0 Å². The van der Waals surface area contributed by atoms with E-state index in [2.05, 4.69) is 289 Å². The second kappa shape index (κ2) is 20.6. The molecule has 1 heterocycles. The van der Waals surface area contributed by atoms with E-state index in [1.165, 1.54) is 72.3 Å². The third-order valence-electron chi connectivity index (χ3n) is 16.6. The predicted molar refractivity (Wildman–Crippen MR) is 322 cm³/mol. The third-order valence-corrected chi connectivity index (χ3v) is 16.6. The number of pyridine rings is 1. The summed E-state index contributed by atoms with van der Waals surface area (Å²) in [6, 6.07) is 98.1. The number of hydrogen-bond acceptors (Lipinski definition) is 3. The van der Waals surface area contributed by atoms with Crippen LogP contribution in [0, 0.1) is 0 Å². The largest absolute Gasteiger partial charge is 0.311 e. The number of benzene rings is 10. The summed E-state index contributed by atoms with van der Waals surface area (Å²) in [5, 5.41) is 0. The van der Waals surface area contributed by atoms with Gasteiger partial charge in [0.2, 0.25) is 0 Å². The van der Waals surface area contributed by atoms with Crippen LogP contribution in [0.15, 0.2) is 273 Å². The van der Waals surface area contributed by atoms with Crippen molar-refractivity contribution in [1.29, 1.82) is 0 Å². The lowest BCUT2D eigenvalue weighted by Crippen LogP contribution is -2.25. The van der Waals surface area contributed by atoms with Gasteiger partial charge in [0.15, 0.2) is 0 Å². The summed E-state index contributed by atoms with van der Waals surface area (Å²) in [5.41, 5.74) is 25.2. The number of nitrogens with zero attached hydrogens (tertiary/aromatic N) is 3. The van der Waals surface area contributed by atoms with Crippen molar-refractivity contribution in [3.05, 3.63) is 306 Å². The molecule has 0 bridgehead atoms. The molecule has 1 spiro atoms. The maximum absolute atomic E-state index is 4.68. The molecule has 3 nitrogen and oxygen atoms in total. The number of hydrogen-bond donors (Lipinski definition) is 0. The number of fused-ring (bicyclic) bond motifs is 6. The molecule has 3 unspecified atom stereocenters. The summed E-state index contributed by atoms with van der Waals surface area (Å²) in [6.07, 6.45) is 6.07. The Bertz CT molecular complexity index is 3760. The normalized spacial score (nSPS) is 14.8. The maximum atomic E-state index is 4.68. The lowest BCUT2D eigenvalue weighted by molar-refractivity contribution is 0.544. The molecule has 0 fully saturated rings. The van der Waals surface area contributed by atoms with Gasteiger partial charge in [-0.3, -0.25) is 4.98 Å². The lowest BCUT2D eigenvalue weighted by atomic mass is 9.75. The minimum atomic E-state index is -0.0785. The summed E-state index contributed by atoms with van der Waals surface area (Å²) in [4.78, 5) is 9.34. The average Bonchev–Trinajstić information content (AvgIpc) is 4.03. The van der Waals surface area contributed by atoms with Crippen LogP contribution in [0.1, 0.15) is 71.9 Å². The van der Waals surface area contributed by atoms with Crippen LogP contribution in [0.3, 0.4) is 0 Å². The topological polar surface area (TPSA) is 19.4 Å². The van der Waals surface area contributed by atoms with Gasteiger partial charge in [-0.05, 0) is 201 Å². The monoisotopic (exact) mass is 991 g/mol. The van der Waals surface area contributed by atoms with Crippen molar-refractivity contribution in [3.8, 4) is 44.6 Å². The Kier molecular flexibility index (Phi) is 12.7. The van der Waals surface area contributed by atoms with Gasteiger partial charge >= 0.3 is 0 Å². The SMILES string of the molecule is CCC(CC(C)c1ccc(N(c2ccccc2)c2ccc(-c3ccc(N(c4ccccc4)c4ccccc4)cc3)cc2)cc1)c1ccc(-c2ccc3c(c2)C2(Cc4ccc(-c5ccccn5)cc4C2)c2ccccc2-3)cc1. The Morgan fingerprint density at radius 2 is 0.844 bits per heavy atom. The summed E-state index contributed by atoms with van der Waals surface area (Å²) < 4.78 is 0. The number of rotatable bonds is 14. The maximum Gasteiger partial charge on any atom is 0.0702 e. The zero-order valence-corrected chi connectivity index (χ0v) is 43.8. The number of anilines is 6. The fourth-order valence-corrected chi connectivity index (χ4v) is 12.6. The van der Waals surface area contributed by atoms with Gasteiger partial charge < -0.3 is 9.80 Å². The Balaban J connectivity index is 0.709. The van der Waals surface area contributed by atoms with E-state index in [9.17, 15) is 0 Å². The fourth-order valence-electron chi connectivity index (χ4n) is 12.6. The molecule has 10 aromatic carbocycles. The zero-order valence-electron chi connectivity index (χ0n) is 43.8. The first kappa shape index (κ1) is 47.6. The molecular formula is C74H61N3. The van der Waals surface area contributed by atoms with Crippen molar-refractivity contribution in [2.24, 2.45) is 0 Å². The molecule has 1 aromatic heterocycles. The Hall–Kier alpha value is -9.05. The molecule has 3 heteroatoms. The number of aromatic nitrogens is 1.